The van der Waals surface area contributed by atoms with E-state index in [-0.39, 0.29) is 0 Å². The van der Waals surface area contributed by atoms with E-state index < -0.39 is 0 Å². The van der Waals surface area contributed by atoms with Gasteiger partial charge in [-0.3, -0.25) is 0 Å². The van der Waals surface area contributed by atoms with Crippen molar-refractivity contribution in [3.8, 4) is 11.4 Å². The molecule has 0 bridgehead atoms. The third kappa shape index (κ3) is 3.46. The van der Waals surface area contributed by atoms with Gasteiger partial charge in [-0.2, -0.15) is 0 Å². The lowest BCUT2D eigenvalue weighted by Gasteiger charge is -2.26. The SMILES string of the molecule is Cc1ccc(N(c2ccc(C)cc2)c2ccc(-c3nc4ccccc4[nH]3)cc2)cc1. The second-order valence-corrected chi connectivity index (χ2v) is 7.66. The fraction of sp³-hybridized carbons (Fsp3) is 0.0741. The number of hydrogen-bond donors (Lipinski definition) is 1. The van der Waals surface area contributed by atoms with Crippen LogP contribution in [-0.2, 0) is 0 Å². The van der Waals surface area contributed by atoms with Gasteiger partial charge in [0.05, 0.1) is 11.0 Å². The molecule has 0 saturated heterocycles. The number of aromatic nitrogens is 2. The van der Waals surface area contributed by atoms with Crippen molar-refractivity contribution in [3.63, 3.8) is 0 Å². The highest BCUT2D eigenvalue weighted by atomic mass is 15.1. The van der Waals surface area contributed by atoms with Crippen LogP contribution < -0.4 is 4.90 Å². The zero-order valence-electron chi connectivity index (χ0n) is 17.1. The molecule has 5 rings (SSSR count). The average Bonchev–Trinajstić information content (AvgIpc) is 3.21. The number of benzene rings is 4. The van der Waals surface area contributed by atoms with Crippen molar-refractivity contribution in [3.05, 3.63) is 108 Å². The highest BCUT2D eigenvalue weighted by Crippen LogP contribution is 2.35. The van der Waals surface area contributed by atoms with Crippen LogP contribution in [0.15, 0.2) is 97.1 Å². The van der Waals surface area contributed by atoms with E-state index in [9.17, 15) is 0 Å². The standard InChI is InChI=1S/C27H23N3/c1-19-7-13-22(14-8-19)30(23-15-9-20(2)10-16-23)24-17-11-21(12-18-24)27-28-25-5-3-4-6-26(25)29-27/h3-18H,1-2H3,(H,28,29). The highest BCUT2D eigenvalue weighted by molar-refractivity contribution is 5.81. The third-order valence-electron chi connectivity index (χ3n) is 5.37. The number of nitrogens with one attached hydrogen (secondary N) is 1. The molecule has 3 heteroatoms. The van der Waals surface area contributed by atoms with E-state index in [1.807, 2.05) is 18.2 Å². The number of rotatable bonds is 4. The van der Waals surface area contributed by atoms with E-state index >= 15 is 0 Å². The van der Waals surface area contributed by atoms with Gasteiger partial charge >= 0.3 is 0 Å². The minimum atomic E-state index is 0.889. The van der Waals surface area contributed by atoms with Crippen molar-refractivity contribution in [2.45, 2.75) is 13.8 Å². The molecule has 0 unspecified atom stereocenters. The minimum Gasteiger partial charge on any atom is -0.338 e. The maximum Gasteiger partial charge on any atom is 0.138 e. The molecule has 1 heterocycles. The highest BCUT2D eigenvalue weighted by Gasteiger charge is 2.13. The van der Waals surface area contributed by atoms with Gasteiger partial charge in [-0.05, 0) is 74.5 Å². The first-order chi connectivity index (χ1) is 14.7. The predicted octanol–water partition coefficient (Wildman–Crippen LogP) is 7.32. The molecule has 3 nitrogen and oxygen atoms in total. The number of aryl methyl sites for hydroxylation is 2. The quantitative estimate of drug-likeness (QED) is 0.349. The Labute approximate surface area is 176 Å². The van der Waals surface area contributed by atoms with E-state index in [4.69, 9.17) is 4.98 Å². The molecule has 0 saturated carbocycles. The Bertz CT molecular complexity index is 1200. The van der Waals surface area contributed by atoms with Gasteiger partial charge in [-0.1, -0.05) is 47.5 Å². The van der Waals surface area contributed by atoms with E-state index in [0.29, 0.717) is 0 Å². The summed E-state index contributed by atoms with van der Waals surface area (Å²) < 4.78 is 0. The maximum atomic E-state index is 4.72. The first-order valence-corrected chi connectivity index (χ1v) is 10.2. The number of para-hydroxylation sites is 2. The Hall–Kier alpha value is -3.85. The molecular formula is C27H23N3. The van der Waals surface area contributed by atoms with Gasteiger partial charge in [0.2, 0.25) is 0 Å². The van der Waals surface area contributed by atoms with Crippen LogP contribution in [0.3, 0.4) is 0 Å². The van der Waals surface area contributed by atoms with Crippen molar-refractivity contribution in [1.29, 1.82) is 0 Å². The molecule has 0 fully saturated rings. The van der Waals surface area contributed by atoms with Crippen LogP contribution in [0, 0.1) is 13.8 Å². The molecule has 0 atom stereocenters. The molecule has 4 aromatic carbocycles. The van der Waals surface area contributed by atoms with Gasteiger partial charge in [0, 0.05) is 22.6 Å². The van der Waals surface area contributed by atoms with Crippen LogP contribution in [0.25, 0.3) is 22.4 Å². The normalized spacial score (nSPS) is 11.0. The summed E-state index contributed by atoms with van der Waals surface area (Å²) >= 11 is 0. The smallest absolute Gasteiger partial charge is 0.138 e. The molecule has 0 radical (unpaired) electrons. The Morgan fingerprint density at radius 1 is 0.600 bits per heavy atom. The van der Waals surface area contributed by atoms with Crippen LogP contribution in [0.1, 0.15) is 11.1 Å². The Morgan fingerprint density at radius 3 is 1.63 bits per heavy atom. The van der Waals surface area contributed by atoms with Crippen LogP contribution in [-0.4, -0.2) is 9.97 Å². The zero-order chi connectivity index (χ0) is 20.5. The molecule has 5 aromatic rings. The number of hydrogen-bond acceptors (Lipinski definition) is 2. The molecule has 0 aliphatic rings. The van der Waals surface area contributed by atoms with E-state index in [1.54, 1.807) is 0 Å². The lowest BCUT2D eigenvalue weighted by molar-refractivity contribution is 1.26. The zero-order valence-corrected chi connectivity index (χ0v) is 17.1. The summed E-state index contributed by atoms with van der Waals surface area (Å²) in [5.41, 5.74) is 9.01. The summed E-state index contributed by atoms with van der Waals surface area (Å²) in [4.78, 5) is 10.4. The van der Waals surface area contributed by atoms with E-state index in [2.05, 4.69) is 103 Å². The lowest BCUT2D eigenvalue weighted by Crippen LogP contribution is -2.09. The number of aromatic amines is 1. The molecule has 30 heavy (non-hydrogen) atoms. The van der Waals surface area contributed by atoms with Gasteiger partial charge in [-0.15, -0.1) is 0 Å². The van der Waals surface area contributed by atoms with Gasteiger partial charge in [-0.25, -0.2) is 4.98 Å². The molecule has 0 spiro atoms. The van der Waals surface area contributed by atoms with Crippen LogP contribution in [0.5, 0.6) is 0 Å². The fourth-order valence-corrected chi connectivity index (χ4v) is 3.69. The van der Waals surface area contributed by atoms with Gasteiger partial charge in [0.15, 0.2) is 0 Å². The summed E-state index contributed by atoms with van der Waals surface area (Å²) in [5.74, 6) is 0.889. The number of anilines is 3. The maximum absolute atomic E-state index is 4.72. The van der Waals surface area contributed by atoms with Crippen molar-refractivity contribution in [2.24, 2.45) is 0 Å². The summed E-state index contributed by atoms with van der Waals surface area (Å²) in [6.45, 7) is 4.23. The summed E-state index contributed by atoms with van der Waals surface area (Å²) in [6, 6.07) is 34.0. The van der Waals surface area contributed by atoms with E-state index in [0.717, 1.165) is 39.5 Å². The Balaban J connectivity index is 1.55. The number of H-pyrrole nitrogens is 1. The van der Waals surface area contributed by atoms with Crippen molar-refractivity contribution < 1.29 is 0 Å². The van der Waals surface area contributed by atoms with E-state index in [1.165, 1.54) is 11.1 Å². The number of imidazole rings is 1. The number of fused-ring (bicyclic) bond motifs is 1. The van der Waals surface area contributed by atoms with Gasteiger partial charge in [0.25, 0.3) is 0 Å². The van der Waals surface area contributed by atoms with Gasteiger partial charge in [0.1, 0.15) is 5.82 Å². The molecule has 146 valence electrons. The minimum absolute atomic E-state index is 0.889. The summed E-state index contributed by atoms with van der Waals surface area (Å²) in [5, 5.41) is 0. The predicted molar refractivity (Wildman–Crippen MR) is 126 cm³/mol. The van der Waals surface area contributed by atoms with Crippen molar-refractivity contribution in [2.75, 3.05) is 4.90 Å². The Morgan fingerprint density at radius 2 is 1.10 bits per heavy atom. The first kappa shape index (κ1) is 18.2. The molecule has 0 aliphatic heterocycles. The first-order valence-electron chi connectivity index (χ1n) is 10.2. The van der Waals surface area contributed by atoms with Crippen molar-refractivity contribution >= 4 is 28.1 Å². The Kier molecular flexibility index (Phi) is 4.56. The lowest BCUT2D eigenvalue weighted by atomic mass is 10.1. The molecule has 0 amide bonds. The van der Waals surface area contributed by atoms with Crippen LogP contribution in [0.2, 0.25) is 0 Å². The fourth-order valence-electron chi connectivity index (χ4n) is 3.69. The largest absolute Gasteiger partial charge is 0.338 e. The van der Waals surface area contributed by atoms with Gasteiger partial charge < -0.3 is 9.88 Å². The topological polar surface area (TPSA) is 31.9 Å². The van der Waals surface area contributed by atoms with Crippen molar-refractivity contribution in [1.82, 2.24) is 9.97 Å². The third-order valence-corrected chi connectivity index (χ3v) is 5.37. The van der Waals surface area contributed by atoms with Crippen LogP contribution in [0.4, 0.5) is 17.1 Å². The average molecular weight is 390 g/mol. The number of nitrogens with zero attached hydrogens (tertiary/aromatic N) is 2. The summed E-state index contributed by atoms with van der Waals surface area (Å²) in [6.07, 6.45) is 0. The molecule has 0 aliphatic carbocycles. The molecule has 1 aromatic heterocycles. The monoisotopic (exact) mass is 389 g/mol. The second-order valence-electron chi connectivity index (χ2n) is 7.66. The molecular weight excluding hydrogens is 366 g/mol. The molecule has 1 N–H and O–H groups in total. The second kappa shape index (κ2) is 7.53. The van der Waals surface area contributed by atoms with Crippen LogP contribution >= 0.6 is 0 Å². The summed E-state index contributed by atoms with van der Waals surface area (Å²) in [7, 11) is 0.